The summed E-state index contributed by atoms with van der Waals surface area (Å²) in [6, 6.07) is 13.2. The van der Waals surface area contributed by atoms with Gasteiger partial charge in [-0.05, 0) is 24.1 Å². The molecule has 4 nitrogen and oxygen atoms in total. The molecule has 1 unspecified atom stereocenters. The van der Waals surface area contributed by atoms with E-state index in [1.807, 2.05) is 0 Å². The highest BCUT2D eigenvalue weighted by Gasteiger charge is 2.37. The number of alkyl halides is 3. The van der Waals surface area contributed by atoms with Gasteiger partial charge in [-0.1, -0.05) is 42.5 Å². The summed E-state index contributed by atoms with van der Waals surface area (Å²) in [5.74, 6) is -1.08. The molecule has 0 aliphatic carbocycles. The van der Waals surface area contributed by atoms with Gasteiger partial charge in [-0.3, -0.25) is 4.79 Å². The predicted molar refractivity (Wildman–Crippen MR) is 94.9 cm³/mol. The highest BCUT2D eigenvalue weighted by Crippen LogP contribution is 2.34. The number of rotatable bonds is 2. The molecule has 1 aliphatic rings. The normalized spacial score (nSPS) is 20.1. The SMILES string of the molecule is O=C(c1ccccc1C(F)(F)F)N1CCC(c2ccccc2)S(=O)(=O)CC1. The molecule has 3 rings (SSSR count). The van der Waals surface area contributed by atoms with Crippen LogP contribution in [0.3, 0.4) is 0 Å². The topological polar surface area (TPSA) is 54.5 Å². The van der Waals surface area contributed by atoms with Crippen molar-refractivity contribution in [2.45, 2.75) is 17.8 Å². The Balaban J connectivity index is 1.88. The number of amides is 1. The quantitative estimate of drug-likeness (QED) is 0.776. The van der Waals surface area contributed by atoms with Gasteiger partial charge in [-0.2, -0.15) is 13.2 Å². The second kappa shape index (κ2) is 7.34. The van der Waals surface area contributed by atoms with E-state index in [2.05, 4.69) is 0 Å². The molecule has 0 saturated carbocycles. The molecule has 1 atom stereocenters. The number of sulfone groups is 1. The molecule has 2 aromatic carbocycles. The summed E-state index contributed by atoms with van der Waals surface area (Å²) in [5.41, 5.74) is -0.843. The molecule has 1 fully saturated rings. The van der Waals surface area contributed by atoms with Gasteiger partial charge in [0.05, 0.1) is 22.1 Å². The van der Waals surface area contributed by atoms with Crippen molar-refractivity contribution >= 4 is 15.7 Å². The Morgan fingerprint density at radius 2 is 1.59 bits per heavy atom. The molecule has 0 aromatic heterocycles. The van der Waals surface area contributed by atoms with Crippen molar-refractivity contribution in [3.63, 3.8) is 0 Å². The molecular formula is C19H18F3NO3S. The monoisotopic (exact) mass is 397 g/mol. The van der Waals surface area contributed by atoms with E-state index >= 15 is 0 Å². The minimum Gasteiger partial charge on any atom is -0.338 e. The van der Waals surface area contributed by atoms with Crippen LogP contribution >= 0.6 is 0 Å². The van der Waals surface area contributed by atoms with Crippen LogP contribution in [0.4, 0.5) is 13.2 Å². The minimum atomic E-state index is -4.66. The van der Waals surface area contributed by atoms with Crippen molar-refractivity contribution in [1.29, 1.82) is 0 Å². The zero-order valence-electron chi connectivity index (χ0n) is 14.3. The van der Waals surface area contributed by atoms with Crippen LogP contribution in [-0.2, 0) is 16.0 Å². The van der Waals surface area contributed by atoms with Crippen LogP contribution in [0.15, 0.2) is 54.6 Å². The van der Waals surface area contributed by atoms with E-state index in [0.717, 1.165) is 12.1 Å². The van der Waals surface area contributed by atoms with Gasteiger partial charge in [-0.15, -0.1) is 0 Å². The van der Waals surface area contributed by atoms with E-state index in [0.29, 0.717) is 5.56 Å². The molecule has 0 radical (unpaired) electrons. The second-order valence-electron chi connectivity index (χ2n) is 6.39. The highest BCUT2D eigenvalue weighted by atomic mass is 32.2. The third kappa shape index (κ3) is 4.16. The Morgan fingerprint density at radius 3 is 2.26 bits per heavy atom. The van der Waals surface area contributed by atoms with Crippen LogP contribution in [0.25, 0.3) is 0 Å². The lowest BCUT2D eigenvalue weighted by molar-refractivity contribution is -0.138. The Kier molecular flexibility index (Phi) is 5.28. The molecule has 1 amide bonds. The first kappa shape index (κ1) is 19.4. The fourth-order valence-electron chi connectivity index (χ4n) is 3.28. The van der Waals surface area contributed by atoms with Gasteiger partial charge in [-0.25, -0.2) is 8.42 Å². The molecule has 0 N–H and O–H groups in total. The summed E-state index contributed by atoms with van der Waals surface area (Å²) in [4.78, 5) is 13.9. The fraction of sp³-hybridized carbons (Fsp3) is 0.316. The van der Waals surface area contributed by atoms with Gasteiger partial charge < -0.3 is 4.90 Å². The first-order chi connectivity index (χ1) is 12.7. The minimum absolute atomic E-state index is 0.0732. The maximum atomic E-state index is 13.2. The van der Waals surface area contributed by atoms with Crippen molar-refractivity contribution < 1.29 is 26.4 Å². The third-order valence-corrected chi connectivity index (χ3v) is 6.79. The van der Waals surface area contributed by atoms with Crippen molar-refractivity contribution in [2.75, 3.05) is 18.8 Å². The number of carbonyl (C=O) groups excluding carboxylic acids is 1. The summed E-state index contributed by atoms with van der Waals surface area (Å²) < 4.78 is 64.8. The molecule has 2 aromatic rings. The largest absolute Gasteiger partial charge is 0.417 e. The zero-order chi connectivity index (χ0) is 19.7. The number of carbonyl (C=O) groups is 1. The number of hydrogen-bond acceptors (Lipinski definition) is 3. The number of nitrogens with zero attached hydrogens (tertiary/aromatic N) is 1. The van der Waals surface area contributed by atoms with Gasteiger partial charge in [0.15, 0.2) is 9.84 Å². The maximum absolute atomic E-state index is 13.2. The van der Waals surface area contributed by atoms with Gasteiger partial charge in [0.1, 0.15) is 0 Å². The van der Waals surface area contributed by atoms with Gasteiger partial charge in [0, 0.05) is 13.1 Å². The lowest BCUT2D eigenvalue weighted by Crippen LogP contribution is -2.34. The maximum Gasteiger partial charge on any atom is 0.417 e. The van der Waals surface area contributed by atoms with Gasteiger partial charge in [0.2, 0.25) is 0 Å². The lowest BCUT2D eigenvalue weighted by atomic mass is 10.1. The van der Waals surface area contributed by atoms with Crippen LogP contribution in [0.1, 0.15) is 33.2 Å². The molecule has 1 aliphatic heterocycles. The van der Waals surface area contributed by atoms with Crippen molar-refractivity contribution in [1.82, 2.24) is 4.90 Å². The van der Waals surface area contributed by atoms with Crippen molar-refractivity contribution in [3.05, 3.63) is 71.3 Å². The second-order valence-corrected chi connectivity index (χ2v) is 8.69. The van der Waals surface area contributed by atoms with E-state index in [1.54, 1.807) is 30.3 Å². The first-order valence-electron chi connectivity index (χ1n) is 8.42. The summed E-state index contributed by atoms with van der Waals surface area (Å²) in [6.45, 7) is -0.0551. The molecule has 27 heavy (non-hydrogen) atoms. The van der Waals surface area contributed by atoms with Gasteiger partial charge >= 0.3 is 6.18 Å². The molecular weight excluding hydrogens is 379 g/mol. The number of hydrogen-bond donors (Lipinski definition) is 0. The fourth-order valence-corrected chi connectivity index (χ4v) is 5.07. The third-order valence-electron chi connectivity index (χ3n) is 4.66. The average molecular weight is 397 g/mol. The average Bonchev–Trinajstić information content (AvgIpc) is 2.79. The van der Waals surface area contributed by atoms with E-state index in [4.69, 9.17) is 0 Å². The van der Waals surface area contributed by atoms with Crippen LogP contribution in [0.2, 0.25) is 0 Å². The molecule has 144 valence electrons. The van der Waals surface area contributed by atoms with Crippen LogP contribution in [0.5, 0.6) is 0 Å². The van der Waals surface area contributed by atoms with Crippen LogP contribution in [-0.4, -0.2) is 38.1 Å². The lowest BCUT2D eigenvalue weighted by Gasteiger charge is -2.22. The summed E-state index contributed by atoms with van der Waals surface area (Å²) in [5, 5.41) is -0.769. The first-order valence-corrected chi connectivity index (χ1v) is 10.1. The Hall–Kier alpha value is -2.35. The summed E-state index contributed by atoms with van der Waals surface area (Å²) in [6.07, 6.45) is -4.51. The summed E-state index contributed by atoms with van der Waals surface area (Å²) >= 11 is 0. The Labute approximate surface area is 155 Å². The molecule has 0 spiro atoms. The predicted octanol–water partition coefficient (Wildman–Crippen LogP) is 3.71. The van der Waals surface area contributed by atoms with E-state index in [-0.39, 0.29) is 25.3 Å². The van der Waals surface area contributed by atoms with E-state index < -0.39 is 38.3 Å². The number of benzene rings is 2. The standard InChI is InChI=1S/C19H18F3NO3S/c20-19(21,22)16-9-5-4-8-15(16)18(24)23-11-10-17(27(25,26)13-12-23)14-6-2-1-3-7-14/h1-9,17H,10-13H2. The molecule has 8 heteroatoms. The van der Waals surface area contributed by atoms with E-state index in [9.17, 15) is 26.4 Å². The highest BCUT2D eigenvalue weighted by molar-refractivity contribution is 7.91. The Bertz CT molecular complexity index is 927. The molecule has 0 bridgehead atoms. The van der Waals surface area contributed by atoms with Crippen molar-refractivity contribution in [3.8, 4) is 0 Å². The van der Waals surface area contributed by atoms with Crippen molar-refractivity contribution in [2.24, 2.45) is 0 Å². The zero-order valence-corrected chi connectivity index (χ0v) is 15.1. The van der Waals surface area contributed by atoms with Crippen LogP contribution in [0, 0.1) is 0 Å². The van der Waals surface area contributed by atoms with Gasteiger partial charge in [0.25, 0.3) is 5.91 Å². The molecule has 1 saturated heterocycles. The molecule has 1 heterocycles. The number of halogens is 3. The smallest absolute Gasteiger partial charge is 0.338 e. The van der Waals surface area contributed by atoms with E-state index in [1.165, 1.54) is 17.0 Å². The summed E-state index contributed by atoms with van der Waals surface area (Å²) in [7, 11) is -3.52. The Morgan fingerprint density at radius 1 is 0.963 bits per heavy atom. The van der Waals surface area contributed by atoms with Crippen LogP contribution < -0.4 is 0 Å².